The van der Waals surface area contributed by atoms with Crippen molar-refractivity contribution in [1.82, 2.24) is 14.9 Å². The number of ether oxygens (including phenoxy) is 1. The summed E-state index contributed by atoms with van der Waals surface area (Å²) in [6, 6.07) is 7.92. The van der Waals surface area contributed by atoms with Crippen LogP contribution in [0.3, 0.4) is 0 Å². The van der Waals surface area contributed by atoms with Gasteiger partial charge in [0.15, 0.2) is 0 Å². The van der Waals surface area contributed by atoms with Gasteiger partial charge in [-0.2, -0.15) is 0 Å². The Labute approximate surface area is 166 Å². The number of aryl methyl sites for hydroxylation is 2. The van der Waals surface area contributed by atoms with Crippen LogP contribution in [-0.4, -0.2) is 41.2 Å². The van der Waals surface area contributed by atoms with Gasteiger partial charge in [0.05, 0.1) is 19.8 Å². The normalized spacial score (nSPS) is 15.7. The summed E-state index contributed by atoms with van der Waals surface area (Å²) >= 11 is 9.46. The molecule has 1 saturated heterocycles. The zero-order chi connectivity index (χ0) is 18.1. The Kier molecular flexibility index (Phi) is 5.47. The van der Waals surface area contributed by atoms with Crippen molar-refractivity contribution < 1.29 is 4.74 Å². The molecule has 0 spiro atoms. The average Bonchev–Trinajstić information content (AvgIpc) is 2.92. The van der Waals surface area contributed by atoms with Crippen LogP contribution in [0.4, 0.5) is 0 Å². The summed E-state index contributed by atoms with van der Waals surface area (Å²) in [5, 5.41) is 2.96. The second-order valence-electron chi connectivity index (χ2n) is 6.35. The van der Waals surface area contributed by atoms with Crippen LogP contribution in [0.15, 0.2) is 34.2 Å². The SMILES string of the molecule is Cc1sc2nc(CN3CCOCC3)nc(Sc3ccc(Cl)cc3)c2c1C. The van der Waals surface area contributed by atoms with Gasteiger partial charge in [-0.15, -0.1) is 11.3 Å². The molecule has 3 aromatic rings. The number of thiophene rings is 1. The molecule has 0 radical (unpaired) electrons. The van der Waals surface area contributed by atoms with E-state index in [0.29, 0.717) is 0 Å². The number of fused-ring (bicyclic) bond motifs is 1. The molecule has 0 aliphatic carbocycles. The number of nitrogens with zero attached hydrogens (tertiary/aromatic N) is 3. The Bertz CT molecular complexity index is 921. The van der Waals surface area contributed by atoms with Crippen molar-refractivity contribution >= 4 is 44.9 Å². The summed E-state index contributed by atoms with van der Waals surface area (Å²) in [4.78, 5) is 15.7. The van der Waals surface area contributed by atoms with E-state index in [9.17, 15) is 0 Å². The minimum atomic E-state index is 0.748. The summed E-state index contributed by atoms with van der Waals surface area (Å²) in [5.41, 5.74) is 1.28. The van der Waals surface area contributed by atoms with E-state index in [4.69, 9.17) is 26.3 Å². The monoisotopic (exact) mass is 405 g/mol. The molecule has 1 aliphatic rings. The van der Waals surface area contributed by atoms with E-state index in [0.717, 1.165) is 58.4 Å². The minimum Gasteiger partial charge on any atom is -0.379 e. The third-order valence-corrected chi connectivity index (χ3v) is 6.89. The van der Waals surface area contributed by atoms with E-state index in [2.05, 4.69) is 18.7 Å². The van der Waals surface area contributed by atoms with Crippen LogP contribution >= 0.6 is 34.7 Å². The molecular weight excluding hydrogens is 386 g/mol. The van der Waals surface area contributed by atoms with Gasteiger partial charge in [-0.05, 0) is 43.7 Å². The molecule has 1 aromatic carbocycles. The Balaban J connectivity index is 1.71. The number of benzene rings is 1. The highest BCUT2D eigenvalue weighted by molar-refractivity contribution is 7.99. The Morgan fingerprint density at radius 3 is 2.62 bits per heavy atom. The maximum atomic E-state index is 6.02. The fourth-order valence-electron chi connectivity index (χ4n) is 2.97. The third-order valence-electron chi connectivity index (χ3n) is 4.54. The lowest BCUT2D eigenvalue weighted by Crippen LogP contribution is -2.36. The van der Waals surface area contributed by atoms with E-state index in [1.807, 2.05) is 24.3 Å². The molecular formula is C19H20ClN3OS2. The molecule has 0 unspecified atom stereocenters. The Morgan fingerprint density at radius 2 is 1.88 bits per heavy atom. The van der Waals surface area contributed by atoms with E-state index in [1.54, 1.807) is 23.1 Å². The zero-order valence-corrected chi connectivity index (χ0v) is 17.2. The van der Waals surface area contributed by atoms with Crippen LogP contribution in [0.5, 0.6) is 0 Å². The number of hydrogen-bond donors (Lipinski definition) is 0. The van der Waals surface area contributed by atoms with Crippen LogP contribution in [0.25, 0.3) is 10.2 Å². The first-order valence-electron chi connectivity index (χ1n) is 8.60. The second kappa shape index (κ2) is 7.82. The maximum absolute atomic E-state index is 6.02. The molecule has 2 aromatic heterocycles. The van der Waals surface area contributed by atoms with Gasteiger partial charge in [0.2, 0.25) is 0 Å². The fraction of sp³-hybridized carbons (Fsp3) is 0.368. The highest BCUT2D eigenvalue weighted by atomic mass is 35.5. The van der Waals surface area contributed by atoms with Gasteiger partial charge < -0.3 is 4.74 Å². The van der Waals surface area contributed by atoms with Crippen molar-refractivity contribution in [2.45, 2.75) is 30.3 Å². The summed E-state index contributed by atoms with van der Waals surface area (Å²) in [5.74, 6) is 0.886. The standard InChI is InChI=1S/C19H20ClN3OS2/c1-12-13(2)25-18-17(12)19(26-15-5-3-14(20)4-6-15)22-16(21-18)11-23-7-9-24-10-8-23/h3-6H,7-11H2,1-2H3. The lowest BCUT2D eigenvalue weighted by molar-refractivity contribution is 0.0330. The Morgan fingerprint density at radius 1 is 1.15 bits per heavy atom. The first-order valence-corrected chi connectivity index (χ1v) is 10.6. The number of rotatable bonds is 4. The van der Waals surface area contributed by atoms with Crippen molar-refractivity contribution in [3.05, 3.63) is 45.6 Å². The summed E-state index contributed by atoms with van der Waals surface area (Å²) in [6.45, 7) is 8.51. The molecule has 4 rings (SSSR count). The van der Waals surface area contributed by atoms with Crippen LogP contribution in [0, 0.1) is 13.8 Å². The van der Waals surface area contributed by atoms with Gasteiger partial charge in [0.1, 0.15) is 15.7 Å². The highest BCUT2D eigenvalue weighted by Gasteiger charge is 2.18. The van der Waals surface area contributed by atoms with E-state index >= 15 is 0 Å². The van der Waals surface area contributed by atoms with Gasteiger partial charge in [-0.3, -0.25) is 4.90 Å². The molecule has 0 saturated carbocycles. The Hall–Kier alpha value is -1.18. The molecule has 0 N–H and O–H groups in total. The third kappa shape index (κ3) is 3.89. The largest absolute Gasteiger partial charge is 0.379 e. The molecule has 0 atom stereocenters. The number of halogens is 1. The predicted molar refractivity (Wildman–Crippen MR) is 109 cm³/mol. The molecule has 1 fully saturated rings. The molecule has 4 nitrogen and oxygen atoms in total. The maximum Gasteiger partial charge on any atom is 0.145 e. The van der Waals surface area contributed by atoms with E-state index < -0.39 is 0 Å². The predicted octanol–water partition coefficient (Wildman–Crippen LogP) is 4.94. The lowest BCUT2D eigenvalue weighted by atomic mass is 10.2. The summed E-state index contributed by atoms with van der Waals surface area (Å²) < 4.78 is 5.44. The highest BCUT2D eigenvalue weighted by Crippen LogP contribution is 2.38. The first kappa shape index (κ1) is 18.2. The number of hydrogen-bond acceptors (Lipinski definition) is 6. The summed E-state index contributed by atoms with van der Waals surface area (Å²) in [6.07, 6.45) is 0. The smallest absolute Gasteiger partial charge is 0.145 e. The van der Waals surface area contributed by atoms with Gasteiger partial charge >= 0.3 is 0 Å². The van der Waals surface area contributed by atoms with E-state index in [-0.39, 0.29) is 0 Å². The van der Waals surface area contributed by atoms with Gasteiger partial charge in [0, 0.05) is 33.3 Å². The molecule has 7 heteroatoms. The molecule has 26 heavy (non-hydrogen) atoms. The average molecular weight is 406 g/mol. The molecule has 0 bridgehead atoms. The van der Waals surface area contributed by atoms with Crippen molar-refractivity contribution in [3.8, 4) is 0 Å². The van der Waals surface area contributed by atoms with Gasteiger partial charge in [-0.1, -0.05) is 23.4 Å². The van der Waals surface area contributed by atoms with Gasteiger partial charge in [-0.25, -0.2) is 9.97 Å². The van der Waals surface area contributed by atoms with Crippen LogP contribution in [-0.2, 0) is 11.3 Å². The van der Waals surface area contributed by atoms with Crippen molar-refractivity contribution in [2.24, 2.45) is 0 Å². The van der Waals surface area contributed by atoms with Crippen LogP contribution in [0.1, 0.15) is 16.3 Å². The van der Waals surface area contributed by atoms with Gasteiger partial charge in [0.25, 0.3) is 0 Å². The first-order chi connectivity index (χ1) is 12.6. The molecule has 3 heterocycles. The molecule has 1 aliphatic heterocycles. The lowest BCUT2D eigenvalue weighted by Gasteiger charge is -2.25. The minimum absolute atomic E-state index is 0.748. The summed E-state index contributed by atoms with van der Waals surface area (Å²) in [7, 11) is 0. The quantitative estimate of drug-likeness (QED) is 0.574. The van der Waals surface area contributed by atoms with Crippen molar-refractivity contribution in [3.63, 3.8) is 0 Å². The second-order valence-corrected chi connectivity index (χ2v) is 9.05. The number of aromatic nitrogens is 2. The molecule has 0 amide bonds. The van der Waals surface area contributed by atoms with Crippen molar-refractivity contribution in [2.75, 3.05) is 26.3 Å². The number of morpholine rings is 1. The topological polar surface area (TPSA) is 38.2 Å². The van der Waals surface area contributed by atoms with E-state index in [1.165, 1.54) is 15.8 Å². The fourth-order valence-corrected chi connectivity index (χ4v) is 5.21. The van der Waals surface area contributed by atoms with Crippen molar-refractivity contribution in [1.29, 1.82) is 0 Å². The van der Waals surface area contributed by atoms with Crippen LogP contribution < -0.4 is 0 Å². The van der Waals surface area contributed by atoms with Crippen LogP contribution in [0.2, 0.25) is 5.02 Å². The zero-order valence-electron chi connectivity index (χ0n) is 14.8. The molecule has 136 valence electrons.